The molecule has 7 heteroatoms. The number of aromatic nitrogens is 3. The zero-order valence-electron chi connectivity index (χ0n) is 13.4. The predicted octanol–water partition coefficient (Wildman–Crippen LogP) is 1.49. The van der Waals surface area contributed by atoms with Crippen molar-refractivity contribution in [2.45, 2.75) is 19.9 Å². The van der Waals surface area contributed by atoms with Gasteiger partial charge in [-0.05, 0) is 37.0 Å². The molecule has 124 valence electrons. The second kappa shape index (κ2) is 5.74. The molecule has 7 nitrogen and oxygen atoms in total. The number of rotatable bonds is 5. The maximum Gasteiger partial charge on any atom is 0.360 e. The Morgan fingerprint density at radius 3 is 2.79 bits per heavy atom. The largest absolute Gasteiger partial charge is 0.461 e. The third kappa shape index (κ3) is 2.66. The first-order valence-corrected chi connectivity index (χ1v) is 8.13. The number of hydrogen-bond acceptors (Lipinski definition) is 5. The lowest BCUT2D eigenvalue weighted by atomic mass is 10.2. The molecular weight excluding hydrogens is 308 g/mol. The lowest BCUT2D eigenvalue weighted by molar-refractivity contribution is -0.118. The number of anilines is 1. The molecule has 2 fully saturated rings. The molecule has 0 bridgehead atoms. The highest BCUT2D eigenvalue weighted by atomic mass is 16.5. The van der Waals surface area contributed by atoms with Crippen molar-refractivity contribution < 1.29 is 14.3 Å². The molecule has 2 aliphatic rings. The SMILES string of the molecule is CCOC(=O)c1cn(Cc2ccc(N3CC4CC4C3=O)cc2)nn1. The highest BCUT2D eigenvalue weighted by Crippen LogP contribution is 2.47. The number of amides is 1. The van der Waals surface area contributed by atoms with E-state index < -0.39 is 5.97 Å². The van der Waals surface area contributed by atoms with Crippen LogP contribution in [0.4, 0.5) is 5.69 Å². The summed E-state index contributed by atoms with van der Waals surface area (Å²) in [6, 6.07) is 7.86. The third-order valence-corrected chi connectivity index (χ3v) is 4.54. The number of benzene rings is 1. The smallest absolute Gasteiger partial charge is 0.360 e. The van der Waals surface area contributed by atoms with Crippen molar-refractivity contribution in [3.05, 3.63) is 41.7 Å². The van der Waals surface area contributed by atoms with E-state index in [0.29, 0.717) is 19.1 Å². The van der Waals surface area contributed by atoms with Crippen LogP contribution in [0.1, 0.15) is 29.4 Å². The predicted molar refractivity (Wildman–Crippen MR) is 85.5 cm³/mol. The summed E-state index contributed by atoms with van der Waals surface area (Å²) in [4.78, 5) is 25.6. The zero-order chi connectivity index (χ0) is 16.7. The Morgan fingerprint density at radius 1 is 1.33 bits per heavy atom. The second-order valence-electron chi connectivity index (χ2n) is 6.24. The Labute approximate surface area is 139 Å². The van der Waals surface area contributed by atoms with E-state index in [9.17, 15) is 9.59 Å². The molecule has 1 aliphatic carbocycles. The summed E-state index contributed by atoms with van der Waals surface area (Å²) < 4.78 is 6.49. The molecule has 1 saturated heterocycles. The Balaban J connectivity index is 1.42. The first-order chi connectivity index (χ1) is 11.7. The standard InChI is InChI=1S/C17H18N4O3/c1-2-24-17(23)15-10-20(19-18-15)8-11-3-5-13(6-4-11)21-9-12-7-14(12)16(21)22/h3-6,10,12,14H,2,7-9H2,1H3. The van der Waals surface area contributed by atoms with Crippen LogP contribution in [-0.2, 0) is 16.1 Å². The average Bonchev–Trinajstić information content (AvgIpc) is 3.08. The fourth-order valence-corrected chi connectivity index (χ4v) is 3.15. The van der Waals surface area contributed by atoms with Gasteiger partial charge in [-0.15, -0.1) is 5.10 Å². The van der Waals surface area contributed by atoms with Crippen molar-refractivity contribution in [1.82, 2.24) is 15.0 Å². The summed E-state index contributed by atoms with van der Waals surface area (Å²) in [5.41, 5.74) is 2.17. The van der Waals surface area contributed by atoms with Gasteiger partial charge >= 0.3 is 5.97 Å². The highest BCUT2D eigenvalue weighted by molar-refractivity contribution is 5.99. The molecule has 1 amide bonds. The van der Waals surface area contributed by atoms with Crippen molar-refractivity contribution in [2.24, 2.45) is 11.8 Å². The third-order valence-electron chi connectivity index (χ3n) is 4.54. The Kier molecular flexibility index (Phi) is 3.55. The topological polar surface area (TPSA) is 77.3 Å². The molecule has 2 unspecified atom stereocenters. The lowest BCUT2D eigenvalue weighted by Crippen LogP contribution is -2.27. The number of esters is 1. The van der Waals surface area contributed by atoms with Gasteiger partial charge in [-0.1, -0.05) is 17.3 Å². The van der Waals surface area contributed by atoms with Gasteiger partial charge in [0, 0.05) is 18.2 Å². The summed E-state index contributed by atoms with van der Waals surface area (Å²) >= 11 is 0. The molecular formula is C17H18N4O3. The monoisotopic (exact) mass is 326 g/mol. The molecule has 1 aromatic carbocycles. The Hall–Kier alpha value is -2.70. The van der Waals surface area contributed by atoms with Gasteiger partial charge < -0.3 is 9.64 Å². The first-order valence-electron chi connectivity index (χ1n) is 8.13. The minimum atomic E-state index is -0.467. The number of piperidine rings is 1. The van der Waals surface area contributed by atoms with Crippen molar-refractivity contribution in [3.8, 4) is 0 Å². The number of nitrogens with zero attached hydrogens (tertiary/aromatic N) is 4. The van der Waals surface area contributed by atoms with Crippen LogP contribution in [0, 0.1) is 11.8 Å². The molecule has 1 aromatic heterocycles. The van der Waals surface area contributed by atoms with E-state index in [1.54, 1.807) is 17.8 Å². The van der Waals surface area contributed by atoms with E-state index in [-0.39, 0.29) is 17.5 Å². The van der Waals surface area contributed by atoms with Crippen molar-refractivity contribution >= 4 is 17.6 Å². The molecule has 0 spiro atoms. The maximum absolute atomic E-state index is 12.1. The average molecular weight is 326 g/mol. The minimum Gasteiger partial charge on any atom is -0.461 e. The number of carbonyl (C=O) groups excluding carboxylic acids is 2. The summed E-state index contributed by atoms with van der Waals surface area (Å²) in [5, 5.41) is 7.76. The van der Waals surface area contributed by atoms with Crippen molar-refractivity contribution in [3.63, 3.8) is 0 Å². The highest BCUT2D eigenvalue weighted by Gasteiger charge is 2.52. The van der Waals surface area contributed by atoms with Gasteiger partial charge in [-0.25, -0.2) is 9.48 Å². The minimum absolute atomic E-state index is 0.204. The van der Waals surface area contributed by atoms with Gasteiger partial charge in [0.25, 0.3) is 0 Å². The van der Waals surface area contributed by atoms with Crippen LogP contribution in [0.25, 0.3) is 0 Å². The molecule has 2 heterocycles. The van der Waals surface area contributed by atoms with Crippen LogP contribution >= 0.6 is 0 Å². The van der Waals surface area contributed by atoms with Gasteiger partial charge in [0.15, 0.2) is 5.69 Å². The molecule has 1 saturated carbocycles. The Morgan fingerprint density at radius 2 is 2.12 bits per heavy atom. The van der Waals surface area contributed by atoms with Crippen molar-refractivity contribution in [2.75, 3.05) is 18.1 Å². The zero-order valence-corrected chi connectivity index (χ0v) is 13.4. The summed E-state index contributed by atoms with van der Waals surface area (Å²) in [7, 11) is 0. The number of fused-ring (bicyclic) bond motifs is 1. The molecule has 1 aliphatic heterocycles. The summed E-state index contributed by atoms with van der Waals surface area (Å²) in [6.07, 6.45) is 2.63. The first kappa shape index (κ1) is 14.9. The fourth-order valence-electron chi connectivity index (χ4n) is 3.15. The number of ether oxygens (including phenoxy) is 1. The molecule has 0 radical (unpaired) electrons. The molecule has 2 atom stereocenters. The van der Waals surface area contributed by atoms with Gasteiger partial charge in [0.2, 0.25) is 5.91 Å². The normalized spacial score (nSPS) is 21.7. The summed E-state index contributed by atoms with van der Waals surface area (Å²) in [5.74, 6) is 0.614. The maximum atomic E-state index is 12.1. The lowest BCUT2D eigenvalue weighted by Gasteiger charge is -2.18. The van der Waals surface area contributed by atoms with Gasteiger partial charge in [0.1, 0.15) is 0 Å². The van der Waals surface area contributed by atoms with Gasteiger partial charge in [-0.3, -0.25) is 4.79 Å². The van der Waals surface area contributed by atoms with Gasteiger partial charge in [0.05, 0.1) is 19.3 Å². The van der Waals surface area contributed by atoms with E-state index in [1.807, 2.05) is 29.2 Å². The number of carbonyl (C=O) groups is 2. The quantitative estimate of drug-likeness (QED) is 0.778. The van der Waals surface area contributed by atoms with E-state index >= 15 is 0 Å². The molecule has 2 aromatic rings. The van der Waals surface area contributed by atoms with Crippen LogP contribution in [0.2, 0.25) is 0 Å². The van der Waals surface area contributed by atoms with E-state index in [4.69, 9.17) is 4.74 Å². The van der Waals surface area contributed by atoms with Crippen LogP contribution < -0.4 is 4.90 Å². The second-order valence-corrected chi connectivity index (χ2v) is 6.24. The molecule has 4 rings (SSSR count). The fraction of sp³-hybridized carbons (Fsp3) is 0.412. The van der Waals surface area contributed by atoms with E-state index in [0.717, 1.165) is 24.2 Å². The summed E-state index contributed by atoms with van der Waals surface area (Å²) in [6.45, 7) is 3.41. The van der Waals surface area contributed by atoms with Crippen LogP contribution in [0.5, 0.6) is 0 Å². The van der Waals surface area contributed by atoms with Crippen molar-refractivity contribution in [1.29, 1.82) is 0 Å². The van der Waals surface area contributed by atoms with Crippen LogP contribution in [-0.4, -0.2) is 40.0 Å². The Bertz CT molecular complexity index is 783. The van der Waals surface area contributed by atoms with E-state index in [1.165, 1.54) is 0 Å². The molecule has 24 heavy (non-hydrogen) atoms. The molecule has 0 N–H and O–H groups in total. The van der Waals surface area contributed by atoms with Crippen LogP contribution in [0.3, 0.4) is 0 Å². The van der Waals surface area contributed by atoms with Crippen LogP contribution in [0.15, 0.2) is 30.5 Å². The van der Waals surface area contributed by atoms with Gasteiger partial charge in [-0.2, -0.15) is 0 Å². The van der Waals surface area contributed by atoms with E-state index in [2.05, 4.69) is 10.3 Å². The number of hydrogen-bond donors (Lipinski definition) is 0.